The first-order valence-electron chi connectivity index (χ1n) is 6.76. The van der Waals surface area contributed by atoms with Gasteiger partial charge in [-0.15, -0.1) is 0 Å². The average molecular weight is 320 g/mol. The smallest absolute Gasteiger partial charge is 0.332 e. The van der Waals surface area contributed by atoms with Gasteiger partial charge in [0.25, 0.3) is 0 Å². The van der Waals surface area contributed by atoms with Crippen LogP contribution in [-0.2, 0) is 9.53 Å². The van der Waals surface area contributed by atoms with Gasteiger partial charge >= 0.3 is 5.97 Å². The Morgan fingerprint density at radius 2 is 1.95 bits per heavy atom. The molecular formula is C17H15ClFNO2. The molecule has 0 aromatic heterocycles. The van der Waals surface area contributed by atoms with Gasteiger partial charge in [-0.25, -0.2) is 9.18 Å². The summed E-state index contributed by atoms with van der Waals surface area (Å²) < 4.78 is 18.9. The fourth-order valence-electron chi connectivity index (χ4n) is 1.86. The van der Waals surface area contributed by atoms with E-state index in [0.717, 1.165) is 5.56 Å². The minimum absolute atomic E-state index is 0.00791. The van der Waals surface area contributed by atoms with E-state index in [1.165, 1.54) is 12.1 Å². The van der Waals surface area contributed by atoms with Crippen molar-refractivity contribution < 1.29 is 13.9 Å². The molecule has 0 aliphatic heterocycles. The summed E-state index contributed by atoms with van der Waals surface area (Å²) in [6, 6.07) is 13.7. The molecule has 0 heterocycles. The van der Waals surface area contributed by atoms with Gasteiger partial charge in [0.1, 0.15) is 0 Å². The van der Waals surface area contributed by atoms with Crippen molar-refractivity contribution in [1.29, 1.82) is 0 Å². The van der Waals surface area contributed by atoms with Gasteiger partial charge in [-0.3, -0.25) is 0 Å². The molecule has 0 spiro atoms. The number of rotatable bonds is 5. The Morgan fingerprint density at radius 3 is 2.64 bits per heavy atom. The molecule has 114 valence electrons. The minimum Gasteiger partial charge on any atom is -0.463 e. The van der Waals surface area contributed by atoms with Gasteiger partial charge in [0, 0.05) is 6.08 Å². The molecule has 2 rings (SSSR count). The first-order valence-corrected chi connectivity index (χ1v) is 7.14. The molecular weight excluding hydrogens is 305 g/mol. The van der Waals surface area contributed by atoms with Crippen LogP contribution in [0.4, 0.5) is 10.1 Å². The van der Waals surface area contributed by atoms with Crippen molar-refractivity contribution in [2.45, 2.75) is 6.92 Å². The maximum absolute atomic E-state index is 14.0. The highest BCUT2D eigenvalue weighted by Crippen LogP contribution is 2.25. The molecule has 0 fully saturated rings. The molecule has 1 N–H and O–H groups in total. The summed E-state index contributed by atoms with van der Waals surface area (Å²) in [5.41, 5.74) is 1.35. The quantitative estimate of drug-likeness (QED) is 0.651. The number of ether oxygens (including phenoxy) is 1. The predicted molar refractivity (Wildman–Crippen MR) is 86.1 cm³/mol. The highest BCUT2D eigenvalue weighted by Gasteiger charge is 2.10. The summed E-state index contributed by atoms with van der Waals surface area (Å²) in [4.78, 5) is 11.7. The van der Waals surface area contributed by atoms with Gasteiger partial charge in [0.15, 0.2) is 5.82 Å². The van der Waals surface area contributed by atoms with Crippen molar-refractivity contribution in [2.24, 2.45) is 0 Å². The number of esters is 1. The molecule has 0 bridgehead atoms. The number of nitrogens with one attached hydrogen (secondary N) is 1. The average Bonchev–Trinajstić information content (AvgIpc) is 2.52. The van der Waals surface area contributed by atoms with Crippen LogP contribution in [0.3, 0.4) is 0 Å². The highest BCUT2D eigenvalue weighted by atomic mass is 35.5. The summed E-state index contributed by atoms with van der Waals surface area (Å²) in [5.74, 6) is -1.08. The summed E-state index contributed by atoms with van der Waals surface area (Å²) in [5, 5.41) is 2.90. The van der Waals surface area contributed by atoms with Crippen LogP contribution in [0.1, 0.15) is 12.5 Å². The Labute approximate surface area is 133 Å². The van der Waals surface area contributed by atoms with Crippen molar-refractivity contribution in [3.05, 3.63) is 71.0 Å². The van der Waals surface area contributed by atoms with Crippen LogP contribution < -0.4 is 5.32 Å². The van der Waals surface area contributed by atoms with E-state index in [-0.39, 0.29) is 17.3 Å². The Kier molecular flexibility index (Phi) is 5.55. The van der Waals surface area contributed by atoms with Crippen molar-refractivity contribution in [3.8, 4) is 0 Å². The SMILES string of the molecule is CCOC(=O)/C=C(\Nc1cccc(Cl)c1F)c1ccccc1. The number of hydrogen-bond donors (Lipinski definition) is 1. The second-order valence-corrected chi connectivity index (χ2v) is 4.81. The van der Waals surface area contributed by atoms with Crippen LogP contribution in [-0.4, -0.2) is 12.6 Å². The van der Waals surface area contributed by atoms with E-state index in [0.29, 0.717) is 5.70 Å². The van der Waals surface area contributed by atoms with E-state index < -0.39 is 11.8 Å². The Morgan fingerprint density at radius 1 is 1.23 bits per heavy atom. The maximum Gasteiger partial charge on any atom is 0.332 e. The molecule has 0 aliphatic carbocycles. The number of benzene rings is 2. The molecule has 2 aromatic carbocycles. The van der Waals surface area contributed by atoms with Gasteiger partial charge in [0.05, 0.1) is 23.0 Å². The first-order chi connectivity index (χ1) is 10.6. The largest absolute Gasteiger partial charge is 0.463 e. The fourth-order valence-corrected chi connectivity index (χ4v) is 2.03. The van der Waals surface area contributed by atoms with E-state index in [1.807, 2.05) is 18.2 Å². The van der Waals surface area contributed by atoms with E-state index in [9.17, 15) is 9.18 Å². The lowest BCUT2D eigenvalue weighted by molar-refractivity contribution is -0.137. The van der Waals surface area contributed by atoms with Gasteiger partial charge in [-0.2, -0.15) is 0 Å². The minimum atomic E-state index is -0.574. The van der Waals surface area contributed by atoms with Crippen molar-refractivity contribution in [2.75, 3.05) is 11.9 Å². The van der Waals surface area contributed by atoms with Crippen LogP contribution in [0.2, 0.25) is 5.02 Å². The lowest BCUT2D eigenvalue weighted by Crippen LogP contribution is -2.06. The van der Waals surface area contributed by atoms with Crippen LogP contribution in [0.15, 0.2) is 54.6 Å². The van der Waals surface area contributed by atoms with E-state index in [4.69, 9.17) is 16.3 Å². The van der Waals surface area contributed by atoms with Crippen LogP contribution >= 0.6 is 11.6 Å². The van der Waals surface area contributed by atoms with Crippen LogP contribution in [0.25, 0.3) is 5.70 Å². The second-order valence-electron chi connectivity index (χ2n) is 4.40. The molecule has 2 aromatic rings. The fraction of sp³-hybridized carbons (Fsp3) is 0.118. The van der Waals surface area contributed by atoms with Crippen molar-refractivity contribution >= 4 is 29.0 Å². The van der Waals surface area contributed by atoms with Gasteiger partial charge < -0.3 is 10.1 Å². The molecule has 0 saturated carbocycles. The number of carbonyl (C=O) groups excluding carboxylic acids is 1. The van der Waals surface area contributed by atoms with Gasteiger partial charge in [-0.1, -0.05) is 48.0 Å². The Bertz CT molecular complexity index is 686. The van der Waals surface area contributed by atoms with E-state index in [1.54, 1.807) is 31.2 Å². The number of hydrogen-bond acceptors (Lipinski definition) is 3. The molecule has 5 heteroatoms. The summed E-state index contributed by atoms with van der Waals surface area (Å²) in [7, 11) is 0. The normalized spacial score (nSPS) is 11.1. The first kappa shape index (κ1) is 16.0. The summed E-state index contributed by atoms with van der Waals surface area (Å²) >= 11 is 5.77. The summed E-state index contributed by atoms with van der Waals surface area (Å²) in [6.07, 6.45) is 1.29. The molecule has 0 amide bonds. The molecule has 0 saturated heterocycles. The predicted octanol–water partition coefficient (Wildman–Crippen LogP) is 4.50. The zero-order valence-electron chi connectivity index (χ0n) is 12.0. The van der Waals surface area contributed by atoms with E-state index >= 15 is 0 Å². The number of anilines is 1. The maximum atomic E-state index is 14.0. The molecule has 0 radical (unpaired) electrons. The zero-order chi connectivity index (χ0) is 15.9. The van der Waals surface area contributed by atoms with Gasteiger partial charge in [0.2, 0.25) is 0 Å². The summed E-state index contributed by atoms with van der Waals surface area (Å²) in [6.45, 7) is 1.99. The monoisotopic (exact) mass is 319 g/mol. The number of carbonyl (C=O) groups is 1. The molecule has 0 atom stereocenters. The zero-order valence-corrected chi connectivity index (χ0v) is 12.7. The highest BCUT2D eigenvalue weighted by molar-refractivity contribution is 6.31. The molecule has 0 aliphatic rings. The third-order valence-electron chi connectivity index (χ3n) is 2.85. The second kappa shape index (κ2) is 7.61. The third kappa shape index (κ3) is 4.09. The van der Waals surface area contributed by atoms with Crippen molar-refractivity contribution in [3.63, 3.8) is 0 Å². The molecule has 22 heavy (non-hydrogen) atoms. The Balaban J connectivity index is 2.37. The standard InChI is InChI=1S/C17H15ClFNO2/c1-2-22-16(21)11-15(12-7-4-3-5-8-12)20-14-10-6-9-13(18)17(14)19/h3-11,20H,2H2,1H3/b15-11-. The van der Waals surface area contributed by atoms with Gasteiger partial charge in [-0.05, 0) is 24.6 Å². The molecule has 0 unspecified atom stereocenters. The third-order valence-corrected chi connectivity index (χ3v) is 3.15. The topological polar surface area (TPSA) is 38.3 Å². The molecule has 3 nitrogen and oxygen atoms in total. The lowest BCUT2D eigenvalue weighted by atomic mass is 10.1. The van der Waals surface area contributed by atoms with Crippen LogP contribution in [0, 0.1) is 5.82 Å². The Hall–Kier alpha value is -2.33. The number of halogens is 2. The lowest BCUT2D eigenvalue weighted by Gasteiger charge is -2.12. The van der Waals surface area contributed by atoms with E-state index in [2.05, 4.69) is 5.32 Å². The van der Waals surface area contributed by atoms with Crippen molar-refractivity contribution in [1.82, 2.24) is 0 Å². The van der Waals surface area contributed by atoms with Crippen LogP contribution in [0.5, 0.6) is 0 Å².